The topological polar surface area (TPSA) is 107 Å². The largest absolute Gasteiger partial charge is 0.370 e. The lowest BCUT2D eigenvalue weighted by atomic mass is 10.1. The lowest BCUT2D eigenvalue weighted by Gasteiger charge is -2.22. The molecule has 2 N–H and O–H groups in total. The van der Waals surface area contributed by atoms with E-state index >= 15 is 0 Å². The van der Waals surface area contributed by atoms with E-state index in [1.807, 2.05) is 6.07 Å². The van der Waals surface area contributed by atoms with Crippen LogP contribution < -0.4 is 14.9 Å². The van der Waals surface area contributed by atoms with Crippen molar-refractivity contribution in [2.75, 3.05) is 29.4 Å². The lowest BCUT2D eigenvalue weighted by Crippen LogP contribution is -2.32. The van der Waals surface area contributed by atoms with E-state index in [2.05, 4.69) is 11.0 Å². The lowest BCUT2D eigenvalue weighted by molar-refractivity contribution is -0.117. The van der Waals surface area contributed by atoms with Gasteiger partial charge in [0, 0.05) is 31.7 Å². The van der Waals surface area contributed by atoms with Gasteiger partial charge in [0.15, 0.2) is 0 Å². The summed E-state index contributed by atoms with van der Waals surface area (Å²) >= 11 is 0. The van der Waals surface area contributed by atoms with E-state index in [4.69, 9.17) is 5.14 Å². The molecule has 2 aliphatic heterocycles. The summed E-state index contributed by atoms with van der Waals surface area (Å²) in [6.45, 7) is 1.87. The third-order valence-corrected chi connectivity index (χ3v) is 5.66. The summed E-state index contributed by atoms with van der Waals surface area (Å²) in [5.74, 6) is -0.290. The number of nitrogens with two attached hydrogens (primary N) is 1. The Bertz CT molecular complexity index is 778. The molecule has 2 fully saturated rings. The standard InChI is InChI=1S/C15H18N4O3S/c16-9-11-7-12(3-4-14(11)18-5-1-2-6-18)19-10-13(8-15(19)20)23(17,21)22/h3-4,7,13H,1-2,5-6,8,10H2,(H2,17,21,22). The van der Waals surface area contributed by atoms with E-state index in [1.165, 1.54) is 4.90 Å². The van der Waals surface area contributed by atoms with Gasteiger partial charge in [0.1, 0.15) is 11.3 Å². The third-order valence-electron chi connectivity index (χ3n) is 4.41. The molecule has 3 rings (SSSR count). The van der Waals surface area contributed by atoms with Crippen molar-refractivity contribution in [2.24, 2.45) is 5.14 Å². The number of anilines is 2. The molecule has 2 heterocycles. The number of sulfonamides is 1. The Kier molecular flexibility index (Phi) is 4.00. The molecule has 1 aromatic rings. The van der Waals surface area contributed by atoms with Crippen molar-refractivity contribution in [1.29, 1.82) is 5.26 Å². The number of nitrogens with zero attached hydrogens (tertiary/aromatic N) is 3. The van der Waals surface area contributed by atoms with Gasteiger partial charge in [-0.15, -0.1) is 0 Å². The minimum absolute atomic E-state index is 0.0333. The maximum atomic E-state index is 12.1. The van der Waals surface area contributed by atoms with Crippen LogP contribution in [0.1, 0.15) is 24.8 Å². The van der Waals surface area contributed by atoms with Gasteiger partial charge in [-0.1, -0.05) is 0 Å². The smallest absolute Gasteiger partial charge is 0.228 e. The zero-order valence-electron chi connectivity index (χ0n) is 12.6. The highest BCUT2D eigenvalue weighted by molar-refractivity contribution is 7.89. The van der Waals surface area contributed by atoms with Gasteiger partial charge in [-0.05, 0) is 31.0 Å². The van der Waals surface area contributed by atoms with Crippen molar-refractivity contribution >= 4 is 27.3 Å². The Labute approximate surface area is 135 Å². The van der Waals surface area contributed by atoms with Crippen molar-refractivity contribution in [2.45, 2.75) is 24.5 Å². The minimum atomic E-state index is -3.75. The summed E-state index contributed by atoms with van der Waals surface area (Å²) in [4.78, 5) is 15.6. The molecular formula is C15H18N4O3S. The first-order valence-corrected chi connectivity index (χ1v) is 9.12. The van der Waals surface area contributed by atoms with Crippen LogP contribution in [0.4, 0.5) is 11.4 Å². The maximum Gasteiger partial charge on any atom is 0.228 e. The monoisotopic (exact) mass is 334 g/mol. The summed E-state index contributed by atoms with van der Waals surface area (Å²) < 4.78 is 22.9. The summed E-state index contributed by atoms with van der Waals surface area (Å²) in [5, 5.41) is 13.6. The van der Waals surface area contributed by atoms with Gasteiger partial charge in [0.2, 0.25) is 15.9 Å². The Morgan fingerprint density at radius 3 is 2.52 bits per heavy atom. The first-order valence-electron chi connectivity index (χ1n) is 7.51. The molecular weight excluding hydrogens is 316 g/mol. The molecule has 0 aromatic heterocycles. The fourth-order valence-electron chi connectivity index (χ4n) is 3.16. The Balaban J connectivity index is 1.89. The molecule has 8 heteroatoms. The van der Waals surface area contributed by atoms with Gasteiger partial charge in [-0.3, -0.25) is 4.79 Å². The molecule has 1 aromatic carbocycles. The molecule has 2 aliphatic rings. The number of rotatable bonds is 3. The molecule has 122 valence electrons. The Morgan fingerprint density at radius 2 is 1.96 bits per heavy atom. The summed E-state index contributed by atoms with van der Waals surface area (Å²) in [6.07, 6.45) is 2.09. The van der Waals surface area contributed by atoms with Gasteiger partial charge in [-0.25, -0.2) is 13.6 Å². The van der Waals surface area contributed by atoms with Crippen LogP contribution in [0.25, 0.3) is 0 Å². The van der Waals surface area contributed by atoms with Gasteiger partial charge in [0.25, 0.3) is 0 Å². The van der Waals surface area contributed by atoms with Crippen LogP contribution >= 0.6 is 0 Å². The highest BCUT2D eigenvalue weighted by Crippen LogP contribution is 2.31. The normalized spacial score (nSPS) is 21.7. The molecule has 23 heavy (non-hydrogen) atoms. The van der Waals surface area contributed by atoms with E-state index in [-0.39, 0.29) is 18.9 Å². The molecule has 0 saturated carbocycles. The molecule has 7 nitrogen and oxygen atoms in total. The van der Waals surface area contributed by atoms with Crippen LogP contribution in [0, 0.1) is 11.3 Å². The molecule has 2 saturated heterocycles. The van der Waals surface area contributed by atoms with E-state index in [9.17, 15) is 18.5 Å². The number of hydrogen-bond donors (Lipinski definition) is 1. The maximum absolute atomic E-state index is 12.1. The van der Waals surface area contributed by atoms with Gasteiger partial charge in [0.05, 0.1) is 11.3 Å². The highest BCUT2D eigenvalue weighted by Gasteiger charge is 2.37. The van der Waals surface area contributed by atoms with Crippen molar-refractivity contribution < 1.29 is 13.2 Å². The van der Waals surface area contributed by atoms with Gasteiger partial charge < -0.3 is 9.80 Å². The second kappa shape index (κ2) is 5.83. The molecule has 0 spiro atoms. The van der Waals surface area contributed by atoms with Crippen molar-refractivity contribution in [3.05, 3.63) is 23.8 Å². The second-order valence-electron chi connectivity index (χ2n) is 5.93. The molecule has 0 bridgehead atoms. The zero-order chi connectivity index (χ0) is 16.6. The quantitative estimate of drug-likeness (QED) is 0.868. The van der Waals surface area contributed by atoms with Crippen LogP contribution in [0.2, 0.25) is 0 Å². The zero-order valence-corrected chi connectivity index (χ0v) is 13.4. The number of benzene rings is 1. The van der Waals surface area contributed by atoms with Crippen LogP contribution in [-0.2, 0) is 14.8 Å². The molecule has 1 amide bonds. The molecule has 0 radical (unpaired) electrons. The van der Waals surface area contributed by atoms with Gasteiger partial charge >= 0.3 is 0 Å². The first-order chi connectivity index (χ1) is 10.9. The van der Waals surface area contributed by atoms with Crippen LogP contribution in [-0.4, -0.2) is 39.2 Å². The molecule has 1 atom stereocenters. The van der Waals surface area contributed by atoms with Gasteiger partial charge in [-0.2, -0.15) is 5.26 Å². The fourth-order valence-corrected chi connectivity index (χ4v) is 3.89. The number of primary sulfonamides is 1. The molecule has 0 aliphatic carbocycles. The predicted molar refractivity (Wildman–Crippen MR) is 86.5 cm³/mol. The van der Waals surface area contributed by atoms with E-state index < -0.39 is 15.3 Å². The van der Waals surface area contributed by atoms with Crippen molar-refractivity contribution in [3.8, 4) is 6.07 Å². The third kappa shape index (κ3) is 3.02. The minimum Gasteiger partial charge on any atom is -0.370 e. The fraction of sp³-hybridized carbons (Fsp3) is 0.467. The average molecular weight is 334 g/mol. The highest BCUT2D eigenvalue weighted by atomic mass is 32.2. The van der Waals surface area contributed by atoms with Crippen molar-refractivity contribution in [1.82, 2.24) is 0 Å². The first kappa shape index (κ1) is 15.8. The molecule has 1 unspecified atom stereocenters. The Hall–Kier alpha value is -2.11. The van der Waals surface area contributed by atoms with Crippen LogP contribution in [0.5, 0.6) is 0 Å². The van der Waals surface area contributed by atoms with Crippen LogP contribution in [0.15, 0.2) is 18.2 Å². The predicted octanol–water partition coefficient (Wildman–Crippen LogP) is 0.552. The van der Waals surface area contributed by atoms with E-state index in [0.717, 1.165) is 31.6 Å². The number of hydrogen-bond acceptors (Lipinski definition) is 5. The number of nitriles is 1. The SMILES string of the molecule is N#Cc1cc(N2CC(S(N)(=O)=O)CC2=O)ccc1N1CCCC1. The number of amides is 1. The van der Waals surface area contributed by atoms with E-state index in [0.29, 0.717) is 11.3 Å². The number of carbonyl (C=O) groups excluding carboxylic acids is 1. The van der Waals surface area contributed by atoms with Crippen molar-refractivity contribution in [3.63, 3.8) is 0 Å². The second-order valence-corrected chi connectivity index (χ2v) is 7.77. The van der Waals surface area contributed by atoms with E-state index in [1.54, 1.807) is 12.1 Å². The summed E-state index contributed by atoms with van der Waals surface area (Å²) in [7, 11) is -3.75. The summed E-state index contributed by atoms with van der Waals surface area (Å²) in [5.41, 5.74) is 1.90. The summed E-state index contributed by atoms with van der Waals surface area (Å²) in [6, 6.07) is 7.41. The van der Waals surface area contributed by atoms with Crippen LogP contribution in [0.3, 0.4) is 0 Å². The average Bonchev–Trinajstić information content (AvgIpc) is 3.15. The number of carbonyl (C=O) groups is 1. The Morgan fingerprint density at radius 1 is 1.26 bits per heavy atom.